The largest absolute Gasteiger partial charge is 0.493 e. The van der Waals surface area contributed by atoms with Crippen LogP contribution in [0.2, 0.25) is 0 Å². The molecule has 2 rings (SSSR count). The van der Waals surface area contributed by atoms with Crippen molar-refractivity contribution in [3.8, 4) is 17.2 Å². The molecule has 3 nitrogen and oxygen atoms in total. The van der Waals surface area contributed by atoms with Crippen LogP contribution in [0.4, 0.5) is 0 Å². The molecule has 20 heavy (non-hydrogen) atoms. The van der Waals surface area contributed by atoms with Gasteiger partial charge >= 0.3 is 0 Å². The monoisotopic (exact) mass is 290 g/mol. The Morgan fingerprint density at radius 2 is 1.60 bits per heavy atom. The maximum atomic E-state index is 5.34. The highest BCUT2D eigenvalue weighted by atomic mass is 32.1. The zero-order chi connectivity index (χ0) is 14.5. The lowest BCUT2D eigenvalue weighted by Gasteiger charge is -2.12. The van der Waals surface area contributed by atoms with Gasteiger partial charge in [0.1, 0.15) is 0 Å². The quantitative estimate of drug-likeness (QED) is 0.823. The summed E-state index contributed by atoms with van der Waals surface area (Å²) in [6.07, 6.45) is 4.14. The van der Waals surface area contributed by atoms with E-state index >= 15 is 0 Å². The van der Waals surface area contributed by atoms with Gasteiger partial charge in [0.15, 0.2) is 11.5 Å². The van der Waals surface area contributed by atoms with Crippen LogP contribution in [0.5, 0.6) is 17.2 Å². The van der Waals surface area contributed by atoms with Gasteiger partial charge < -0.3 is 14.2 Å². The molecule has 0 aliphatic rings. The third kappa shape index (κ3) is 2.96. The van der Waals surface area contributed by atoms with Gasteiger partial charge in [-0.2, -0.15) is 0 Å². The minimum atomic E-state index is 0.611. The summed E-state index contributed by atoms with van der Waals surface area (Å²) in [7, 11) is 4.84. The maximum absolute atomic E-state index is 5.34. The highest BCUT2D eigenvalue weighted by molar-refractivity contribution is 7.11. The Morgan fingerprint density at radius 3 is 2.05 bits per heavy atom. The van der Waals surface area contributed by atoms with E-state index in [4.69, 9.17) is 14.2 Å². The van der Waals surface area contributed by atoms with Gasteiger partial charge in [0.2, 0.25) is 5.75 Å². The first kappa shape index (κ1) is 14.5. The van der Waals surface area contributed by atoms with Crippen LogP contribution in [0.15, 0.2) is 23.6 Å². The minimum Gasteiger partial charge on any atom is -0.493 e. The fraction of sp³-hybridized carbons (Fsp3) is 0.250. The average Bonchev–Trinajstić information content (AvgIpc) is 2.89. The highest BCUT2D eigenvalue weighted by Gasteiger charge is 2.11. The number of benzene rings is 1. The van der Waals surface area contributed by atoms with E-state index in [9.17, 15) is 0 Å². The first-order chi connectivity index (χ1) is 9.69. The Labute approximate surface area is 123 Å². The molecular formula is C16H18O3S. The van der Waals surface area contributed by atoms with Crippen molar-refractivity contribution in [3.63, 3.8) is 0 Å². The van der Waals surface area contributed by atoms with Crippen molar-refractivity contribution in [2.75, 3.05) is 21.3 Å². The van der Waals surface area contributed by atoms with Crippen molar-refractivity contribution < 1.29 is 14.2 Å². The van der Waals surface area contributed by atoms with Crippen molar-refractivity contribution >= 4 is 23.5 Å². The molecule has 4 heteroatoms. The Bertz CT molecular complexity index is 589. The van der Waals surface area contributed by atoms with E-state index in [1.165, 1.54) is 10.4 Å². The van der Waals surface area contributed by atoms with Crippen LogP contribution in [0.3, 0.4) is 0 Å². The summed E-state index contributed by atoms with van der Waals surface area (Å²) < 4.78 is 16.0. The molecule has 0 saturated carbocycles. The minimum absolute atomic E-state index is 0.611. The molecule has 0 aliphatic heterocycles. The molecule has 0 bridgehead atoms. The van der Waals surface area contributed by atoms with Gasteiger partial charge in [-0.15, -0.1) is 11.3 Å². The van der Waals surface area contributed by atoms with E-state index in [2.05, 4.69) is 24.4 Å². The second-order valence-electron chi connectivity index (χ2n) is 4.26. The van der Waals surface area contributed by atoms with Gasteiger partial charge in [0, 0.05) is 4.88 Å². The van der Waals surface area contributed by atoms with Crippen molar-refractivity contribution in [3.05, 3.63) is 39.6 Å². The second-order valence-corrected chi connectivity index (χ2v) is 5.21. The highest BCUT2D eigenvalue weighted by Crippen LogP contribution is 2.38. The van der Waals surface area contributed by atoms with Crippen molar-refractivity contribution in [2.24, 2.45) is 0 Å². The SMILES string of the molecule is COc1cc(/C=C/c2sccc2C)cc(OC)c1OC. The molecule has 0 radical (unpaired) electrons. The predicted octanol–water partition coefficient (Wildman–Crippen LogP) is 4.25. The fourth-order valence-electron chi connectivity index (χ4n) is 1.92. The van der Waals surface area contributed by atoms with Crippen LogP contribution in [0.25, 0.3) is 12.2 Å². The number of thiophene rings is 1. The number of hydrogen-bond donors (Lipinski definition) is 0. The first-order valence-electron chi connectivity index (χ1n) is 6.21. The Balaban J connectivity index is 2.37. The lowest BCUT2D eigenvalue weighted by Crippen LogP contribution is -1.95. The molecule has 0 atom stereocenters. The van der Waals surface area contributed by atoms with Crippen molar-refractivity contribution in [1.29, 1.82) is 0 Å². The summed E-state index contributed by atoms with van der Waals surface area (Å²) in [4.78, 5) is 1.25. The van der Waals surface area contributed by atoms with E-state index in [1.807, 2.05) is 18.2 Å². The Hall–Kier alpha value is -1.94. The number of aryl methyl sites for hydroxylation is 1. The molecule has 1 aromatic heterocycles. The van der Waals surface area contributed by atoms with Crippen LogP contribution in [0.1, 0.15) is 16.0 Å². The normalized spacial score (nSPS) is 10.8. The van der Waals surface area contributed by atoms with E-state index in [1.54, 1.807) is 32.7 Å². The van der Waals surface area contributed by atoms with Gasteiger partial charge in [-0.25, -0.2) is 0 Å². The topological polar surface area (TPSA) is 27.7 Å². The second kappa shape index (κ2) is 6.48. The summed E-state index contributed by atoms with van der Waals surface area (Å²) in [5, 5.41) is 2.09. The van der Waals surface area contributed by atoms with Crippen molar-refractivity contribution in [1.82, 2.24) is 0 Å². The van der Waals surface area contributed by atoms with E-state index in [0.29, 0.717) is 17.2 Å². The Kier molecular flexibility index (Phi) is 4.69. The van der Waals surface area contributed by atoms with E-state index < -0.39 is 0 Å². The van der Waals surface area contributed by atoms with Gasteiger partial charge in [-0.3, -0.25) is 0 Å². The number of methoxy groups -OCH3 is 3. The Morgan fingerprint density at radius 1 is 0.950 bits per heavy atom. The number of rotatable bonds is 5. The van der Waals surface area contributed by atoms with Crippen LogP contribution in [0, 0.1) is 6.92 Å². The molecule has 0 amide bonds. The summed E-state index contributed by atoms with van der Waals surface area (Å²) in [6.45, 7) is 2.10. The zero-order valence-electron chi connectivity index (χ0n) is 12.1. The standard InChI is InChI=1S/C16H18O3S/c1-11-7-8-20-15(11)6-5-12-9-13(17-2)16(19-4)14(10-12)18-3/h5-10H,1-4H3/b6-5+. The van der Waals surface area contributed by atoms with Crippen molar-refractivity contribution in [2.45, 2.75) is 6.92 Å². The van der Waals surface area contributed by atoms with Crippen LogP contribution in [-0.4, -0.2) is 21.3 Å². The average molecular weight is 290 g/mol. The van der Waals surface area contributed by atoms with Gasteiger partial charge in [0.05, 0.1) is 21.3 Å². The predicted molar refractivity (Wildman–Crippen MR) is 84.1 cm³/mol. The molecule has 0 fully saturated rings. The molecule has 0 N–H and O–H groups in total. The molecule has 0 unspecified atom stereocenters. The zero-order valence-corrected chi connectivity index (χ0v) is 12.9. The lowest BCUT2D eigenvalue weighted by molar-refractivity contribution is 0.324. The fourth-order valence-corrected chi connectivity index (χ4v) is 2.74. The third-order valence-corrected chi connectivity index (χ3v) is 4.00. The maximum Gasteiger partial charge on any atom is 0.203 e. The molecule has 0 saturated heterocycles. The van der Waals surface area contributed by atoms with E-state index in [-0.39, 0.29) is 0 Å². The molecule has 1 heterocycles. The smallest absolute Gasteiger partial charge is 0.203 e. The molecular weight excluding hydrogens is 272 g/mol. The van der Waals surface area contributed by atoms with Gasteiger partial charge in [-0.05, 0) is 47.7 Å². The van der Waals surface area contributed by atoms with Crippen LogP contribution < -0.4 is 14.2 Å². The lowest BCUT2D eigenvalue weighted by atomic mass is 10.1. The van der Waals surface area contributed by atoms with Gasteiger partial charge in [0.25, 0.3) is 0 Å². The number of ether oxygens (including phenoxy) is 3. The van der Waals surface area contributed by atoms with Crippen LogP contribution >= 0.6 is 11.3 Å². The third-order valence-electron chi connectivity index (χ3n) is 3.02. The summed E-state index contributed by atoms with van der Waals surface area (Å²) in [6, 6.07) is 5.97. The molecule has 0 aliphatic carbocycles. The molecule has 1 aromatic carbocycles. The summed E-state index contributed by atoms with van der Waals surface area (Å²) in [5.74, 6) is 1.93. The first-order valence-corrected chi connectivity index (χ1v) is 7.09. The summed E-state index contributed by atoms with van der Waals surface area (Å²) in [5.41, 5.74) is 2.28. The van der Waals surface area contributed by atoms with E-state index in [0.717, 1.165) is 5.56 Å². The van der Waals surface area contributed by atoms with Crippen LogP contribution in [-0.2, 0) is 0 Å². The molecule has 0 spiro atoms. The summed E-state index contributed by atoms with van der Waals surface area (Å²) >= 11 is 1.72. The van der Waals surface area contributed by atoms with Gasteiger partial charge in [-0.1, -0.05) is 6.08 Å². The molecule has 2 aromatic rings. The molecule has 106 valence electrons. The number of hydrogen-bond acceptors (Lipinski definition) is 4.